The number of carbonyl (C=O) groups is 1. The van der Waals surface area contributed by atoms with Crippen LogP contribution in [0.5, 0.6) is 0 Å². The summed E-state index contributed by atoms with van der Waals surface area (Å²) in [5.74, 6) is -0.164. The Morgan fingerprint density at radius 1 is 1.31 bits per heavy atom. The number of carbonyl (C=O) groups excluding carboxylic acids is 1. The van der Waals surface area contributed by atoms with E-state index in [4.69, 9.17) is 5.73 Å². The molecule has 0 saturated carbocycles. The van der Waals surface area contributed by atoms with Gasteiger partial charge in [0.25, 0.3) is 0 Å². The second-order valence-corrected chi connectivity index (χ2v) is 4.63. The lowest BCUT2D eigenvalue weighted by Crippen LogP contribution is -2.19. The molecule has 0 saturated heterocycles. The quantitative estimate of drug-likeness (QED) is 0.709. The van der Waals surface area contributed by atoms with Gasteiger partial charge in [-0.05, 0) is 11.8 Å². The summed E-state index contributed by atoms with van der Waals surface area (Å²) in [6.45, 7) is 12.7. The summed E-state index contributed by atoms with van der Waals surface area (Å²) in [5, 5.41) is 0. The molecular weight excluding hydrogens is 162 g/mol. The van der Waals surface area contributed by atoms with Crippen molar-refractivity contribution in [2.24, 2.45) is 17.1 Å². The minimum absolute atomic E-state index is 0.0417. The van der Waals surface area contributed by atoms with Crippen LogP contribution in [-0.2, 0) is 4.79 Å². The Balaban J connectivity index is 0. The summed E-state index contributed by atoms with van der Waals surface area (Å²) in [5.41, 5.74) is 5.45. The van der Waals surface area contributed by atoms with E-state index in [1.807, 2.05) is 13.8 Å². The van der Waals surface area contributed by atoms with Crippen molar-refractivity contribution in [3.8, 4) is 0 Å². The van der Waals surface area contributed by atoms with Gasteiger partial charge in [-0.3, -0.25) is 4.79 Å². The zero-order valence-electron chi connectivity index (χ0n) is 9.98. The van der Waals surface area contributed by atoms with Gasteiger partial charge in [0.1, 0.15) is 0 Å². The van der Waals surface area contributed by atoms with E-state index in [0.717, 1.165) is 6.42 Å². The third-order valence-corrected chi connectivity index (χ3v) is 2.16. The molecule has 2 N–H and O–H groups in total. The van der Waals surface area contributed by atoms with Gasteiger partial charge in [-0.15, -0.1) is 0 Å². The molecular formula is C11H25NO. The molecule has 0 spiro atoms. The average molecular weight is 187 g/mol. The zero-order valence-corrected chi connectivity index (χ0v) is 9.98. The van der Waals surface area contributed by atoms with Crippen LogP contribution in [0.3, 0.4) is 0 Å². The predicted molar refractivity (Wildman–Crippen MR) is 58.4 cm³/mol. The fraction of sp³-hybridized carbons (Fsp3) is 0.909. The molecule has 0 aromatic carbocycles. The summed E-state index contributed by atoms with van der Waals surface area (Å²) >= 11 is 0. The van der Waals surface area contributed by atoms with Crippen molar-refractivity contribution in [1.29, 1.82) is 0 Å². The van der Waals surface area contributed by atoms with Gasteiger partial charge in [-0.25, -0.2) is 0 Å². The first-order valence-corrected chi connectivity index (χ1v) is 5.03. The van der Waals surface area contributed by atoms with Crippen LogP contribution in [0.4, 0.5) is 0 Å². The van der Waals surface area contributed by atoms with Crippen molar-refractivity contribution in [3.05, 3.63) is 0 Å². The highest BCUT2D eigenvalue weighted by atomic mass is 16.1. The predicted octanol–water partition coefficient (Wildman–Crippen LogP) is 2.96. The lowest BCUT2D eigenvalue weighted by atomic mass is 9.94. The summed E-state index contributed by atoms with van der Waals surface area (Å²) in [7, 11) is 0. The van der Waals surface area contributed by atoms with E-state index in [1.54, 1.807) is 0 Å². The maximum atomic E-state index is 10.2. The van der Waals surface area contributed by atoms with Crippen LogP contribution in [0.15, 0.2) is 0 Å². The number of hydrogen-bond donors (Lipinski definition) is 1. The molecule has 0 aliphatic heterocycles. The summed E-state index contributed by atoms with van der Waals surface area (Å²) in [4.78, 5) is 10.2. The fourth-order valence-electron chi connectivity index (χ4n) is 0.201. The molecule has 0 rings (SSSR count). The van der Waals surface area contributed by atoms with Gasteiger partial charge in [0.15, 0.2) is 0 Å². The van der Waals surface area contributed by atoms with Crippen molar-refractivity contribution in [3.63, 3.8) is 0 Å². The average Bonchev–Trinajstić information content (AvgIpc) is 2.02. The molecule has 0 aromatic rings. The second kappa shape index (κ2) is 6.93. The zero-order chi connectivity index (χ0) is 11.1. The maximum absolute atomic E-state index is 10.2. The molecule has 0 radical (unpaired) electrons. The molecule has 1 amide bonds. The molecule has 80 valence electrons. The minimum atomic E-state index is -0.206. The van der Waals surface area contributed by atoms with Crippen LogP contribution >= 0.6 is 0 Å². The molecule has 0 aliphatic carbocycles. The molecule has 13 heavy (non-hydrogen) atoms. The molecule has 0 aliphatic rings. The molecule has 1 atom stereocenters. The lowest BCUT2D eigenvalue weighted by Gasteiger charge is -2.12. The van der Waals surface area contributed by atoms with E-state index in [1.165, 1.54) is 6.42 Å². The monoisotopic (exact) mass is 187 g/mol. The summed E-state index contributed by atoms with van der Waals surface area (Å²) < 4.78 is 0. The minimum Gasteiger partial charge on any atom is -0.369 e. The Hall–Kier alpha value is -0.530. The SMILES string of the molecule is CCC(C)(C)C.CCC(C)C(N)=O. The van der Waals surface area contributed by atoms with Crippen LogP contribution in [-0.4, -0.2) is 5.91 Å². The molecule has 2 nitrogen and oxygen atoms in total. The molecule has 2 heteroatoms. The molecule has 0 heterocycles. The standard InChI is InChI=1S/C6H14.C5H11NO/c1-5-6(2,3)4;1-3-4(2)5(6)7/h5H2,1-4H3;4H,3H2,1-2H3,(H2,6,7). The maximum Gasteiger partial charge on any atom is 0.220 e. The highest BCUT2D eigenvalue weighted by molar-refractivity contribution is 5.76. The Kier molecular flexibility index (Phi) is 7.98. The van der Waals surface area contributed by atoms with Gasteiger partial charge >= 0.3 is 0 Å². The van der Waals surface area contributed by atoms with Gasteiger partial charge in [0.05, 0.1) is 0 Å². The van der Waals surface area contributed by atoms with Gasteiger partial charge in [0, 0.05) is 5.92 Å². The molecule has 0 fully saturated rings. The summed E-state index contributed by atoms with van der Waals surface area (Å²) in [6, 6.07) is 0. The van der Waals surface area contributed by atoms with E-state index in [9.17, 15) is 4.79 Å². The highest BCUT2D eigenvalue weighted by Gasteiger charge is 2.03. The smallest absolute Gasteiger partial charge is 0.220 e. The van der Waals surface area contributed by atoms with Crippen LogP contribution < -0.4 is 5.73 Å². The van der Waals surface area contributed by atoms with Gasteiger partial charge in [0.2, 0.25) is 5.91 Å². The van der Waals surface area contributed by atoms with Gasteiger partial charge in [-0.1, -0.05) is 48.0 Å². The van der Waals surface area contributed by atoms with E-state index >= 15 is 0 Å². The Morgan fingerprint density at radius 2 is 1.62 bits per heavy atom. The Bertz CT molecular complexity index is 136. The van der Waals surface area contributed by atoms with Crippen LogP contribution in [0.25, 0.3) is 0 Å². The number of amides is 1. The first-order valence-electron chi connectivity index (χ1n) is 5.03. The molecule has 0 bridgehead atoms. The van der Waals surface area contributed by atoms with Crippen molar-refractivity contribution in [1.82, 2.24) is 0 Å². The first kappa shape index (κ1) is 15.0. The summed E-state index contributed by atoms with van der Waals surface area (Å²) in [6.07, 6.45) is 2.11. The van der Waals surface area contributed by atoms with Gasteiger partial charge in [-0.2, -0.15) is 0 Å². The molecule has 1 unspecified atom stereocenters. The van der Waals surface area contributed by atoms with Crippen molar-refractivity contribution >= 4 is 5.91 Å². The lowest BCUT2D eigenvalue weighted by molar-refractivity contribution is -0.121. The largest absolute Gasteiger partial charge is 0.369 e. The van der Waals surface area contributed by atoms with E-state index < -0.39 is 0 Å². The Morgan fingerprint density at radius 3 is 1.62 bits per heavy atom. The topological polar surface area (TPSA) is 43.1 Å². The number of hydrogen-bond acceptors (Lipinski definition) is 1. The van der Waals surface area contributed by atoms with Crippen molar-refractivity contribution in [2.45, 2.75) is 54.4 Å². The van der Waals surface area contributed by atoms with E-state index in [-0.39, 0.29) is 11.8 Å². The molecule has 0 aromatic heterocycles. The number of primary amides is 1. The van der Waals surface area contributed by atoms with Crippen LogP contribution in [0, 0.1) is 11.3 Å². The third-order valence-electron chi connectivity index (χ3n) is 2.16. The fourth-order valence-corrected chi connectivity index (χ4v) is 0.201. The second-order valence-electron chi connectivity index (χ2n) is 4.63. The number of nitrogens with two attached hydrogens (primary N) is 1. The number of rotatable bonds is 2. The highest BCUT2D eigenvalue weighted by Crippen LogP contribution is 2.16. The Labute approximate surface area is 82.9 Å². The van der Waals surface area contributed by atoms with E-state index in [0.29, 0.717) is 5.41 Å². The van der Waals surface area contributed by atoms with Crippen molar-refractivity contribution in [2.75, 3.05) is 0 Å². The third kappa shape index (κ3) is 14.3. The van der Waals surface area contributed by atoms with E-state index in [2.05, 4.69) is 27.7 Å². The van der Waals surface area contributed by atoms with Crippen LogP contribution in [0.1, 0.15) is 54.4 Å². The first-order chi connectivity index (χ1) is 5.74. The van der Waals surface area contributed by atoms with Crippen LogP contribution in [0.2, 0.25) is 0 Å². The van der Waals surface area contributed by atoms with Gasteiger partial charge < -0.3 is 5.73 Å². The van der Waals surface area contributed by atoms with Crippen molar-refractivity contribution < 1.29 is 4.79 Å². The normalized spacial score (nSPS) is 12.8.